The molecular formula is C30H29F5N6O4S. The zero-order valence-corrected chi connectivity index (χ0v) is 25.3. The molecule has 2 aliphatic heterocycles. The number of methoxy groups -OCH3 is 1. The molecule has 2 aromatic heterocycles. The number of ether oxygens (including phenoxy) is 3. The molecule has 0 unspecified atom stereocenters. The van der Waals surface area contributed by atoms with Gasteiger partial charge in [0.2, 0.25) is 5.88 Å². The van der Waals surface area contributed by atoms with Crippen LogP contribution in [0.2, 0.25) is 0 Å². The first-order chi connectivity index (χ1) is 22.0. The number of allylic oxidation sites excluding steroid dienone is 1. The van der Waals surface area contributed by atoms with Gasteiger partial charge in [-0.3, -0.25) is 4.79 Å². The average Bonchev–Trinajstić information content (AvgIpc) is 3.76. The van der Waals surface area contributed by atoms with E-state index in [-0.39, 0.29) is 56.8 Å². The number of benzene rings is 2. The van der Waals surface area contributed by atoms with Gasteiger partial charge in [0.1, 0.15) is 30.3 Å². The summed E-state index contributed by atoms with van der Waals surface area (Å²) in [6, 6.07) is 2.33. The molecule has 4 aromatic rings. The van der Waals surface area contributed by atoms with E-state index in [0.29, 0.717) is 38.9 Å². The Morgan fingerprint density at radius 2 is 2.00 bits per heavy atom. The highest BCUT2D eigenvalue weighted by molar-refractivity contribution is 7.22. The maximum atomic E-state index is 16.6. The summed E-state index contributed by atoms with van der Waals surface area (Å²) in [4.78, 5) is 25.1. The van der Waals surface area contributed by atoms with Crippen molar-refractivity contribution in [3.05, 3.63) is 47.7 Å². The SMILES string of the molecule is COC[C@H]1CN[C@H](COc2nc(O[C@@H]3CCN(C=CC=O)C3)c3cc(C(F)(F)F)c(-c4ccc(F)c5sc(N)nc45)c(F)c3n2)C1. The van der Waals surface area contributed by atoms with Crippen LogP contribution in [0.15, 0.2) is 30.5 Å². The molecule has 0 radical (unpaired) electrons. The Balaban J connectivity index is 1.46. The number of aldehydes is 1. The van der Waals surface area contributed by atoms with Crippen molar-refractivity contribution in [1.82, 2.24) is 25.2 Å². The summed E-state index contributed by atoms with van der Waals surface area (Å²) in [5, 5.41) is 2.90. The lowest BCUT2D eigenvalue weighted by Gasteiger charge is -2.20. The largest absolute Gasteiger partial charge is 0.472 e. The van der Waals surface area contributed by atoms with Crippen molar-refractivity contribution in [1.29, 1.82) is 0 Å². The number of rotatable bonds is 10. The smallest absolute Gasteiger partial charge is 0.417 e. The first-order valence-corrected chi connectivity index (χ1v) is 15.2. The van der Waals surface area contributed by atoms with Crippen LogP contribution in [0.1, 0.15) is 18.4 Å². The van der Waals surface area contributed by atoms with Crippen LogP contribution in [-0.2, 0) is 15.7 Å². The number of aromatic nitrogens is 3. The highest BCUT2D eigenvalue weighted by Gasteiger charge is 2.38. The number of halogens is 5. The second kappa shape index (κ2) is 12.9. The molecule has 244 valence electrons. The van der Waals surface area contributed by atoms with Crippen LogP contribution in [0.25, 0.3) is 32.2 Å². The first-order valence-electron chi connectivity index (χ1n) is 14.4. The second-order valence-electron chi connectivity index (χ2n) is 11.1. The molecule has 16 heteroatoms. The van der Waals surface area contributed by atoms with Gasteiger partial charge < -0.3 is 30.2 Å². The van der Waals surface area contributed by atoms with Crippen molar-refractivity contribution in [2.45, 2.75) is 31.2 Å². The molecule has 0 amide bonds. The fraction of sp³-hybridized carbons (Fsp3) is 0.400. The number of likely N-dealkylation sites (tertiary alicyclic amines) is 1. The van der Waals surface area contributed by atoms with Gasteiger partial charge in [-0.05, 0) is 36.6 Å². The summed E-state index contributed by atoms with van der Waals surface area (Å²) < 4.78 is 92.2. The van der Waals surface area contributed by atoms with Crippen molar-refractivity contribution in [2.75, 3.05) is 45.7 Å². The van der Waals surface area contributed by atoms with Gasteiger partial charge in [0.25, 0.3) is 0 Å². The third-order valence-corrected chi connectivity index (χ3v) is 8.81. The van der Waals surface area contributed by atoms with Crippen molar-refractivity contribution >= 4 is 43.9 Å². The van der Waals surface area contributed by atoms with E-state index in [1.54, 1.807) is 18.2 Å². The standard InChI is InChI=1S/C30H29F5N6O4S/c1-43-13-15-9-16(37-11-15)14-44-29-39-24-19(27(40-29)45-17-5-7-41(12-17)6-2-8-42)10-20(30(33,34)35)22(23(24)32)18-3-4-21(31)26-25(18)38-28(36)46-26/h2-4,6,8,10,15-17,37H,5,7,9,11-14H2,1H3,(H2,36,38)/t15-,16+,17-/m1/s1. The van der Waals surface area contributed by atoms with Gasteiger partial charge in [0.15, 0.2) is 10.9 Å². The van der Waals surface area contributed by atoms with Crippen LogP contribution >= 0.6 is 11.3 Å². The van der Waals surface area contributed by atoms with Crippen molar-refractivity contribution < 1.29 is 41.0 Å². The minimum Gasteiger partial charge on any atom is -0.472 e. The molecular weight excluding hydrogens is 635 g/mol. The summed E-state index contributed by atoms with van der Waals surface area (Å²) in [6.45, 7) is 2.19. The molecule has 6 rings (SSSR count). The number of nitrogen functional groups attached to an aromatic ring is 1. The van der Waals surface area contributed by atoms with E-state index in [2.05, 4.69) is 20.3 Å². The zero-order valence-electron chi connectivity index (χ0n) is 24.4. The number of alkyl halides is 3. The van der Waals surface area contributed by atoms with E-state index in [9.17, 15) is 22.4 Å². The predicted molar refractivity (Wildman–Crippen MR) is 161 cm³/mol. The van der Waals surface area contributed by atoms with Crippen LogP contribution in [0, 0.1) is 17.6 Å². The zero-order chi connectivity index (χ0) is 32.6. The molecule has 46 heavy (non-hydrogen) atoms. The fourth-order valence-electron chi connectivity index (χ4n) is 5.88. The molecule has 0 bridgehead atoms. The number of nitrogens with zero attached hydrogens (tertiary/aromatic N) is 4. The van der Waals surface area contributed by atoms with E-state index >= 15 is 4.39 Å². The third kappa shape index (κ3) is 6.41. The fourth-order valence-corrected chi connectivity index (χ4v) is 6.65. The Hall–Kier alpha value is -4.15. The number of nitrogens with one attached hydrogen (secondary N) is 1. The molecule has 0 spiro atoms. The number of hydrogen-bond acceptors (Lipinski definition) is 11. The first kappa shape index (κ1) is 31.8. The molecule has 2 aliphatic rings. The van der Waals surface area contributed by atoms with Crippen molar-refractivity contribution in [2.24, 2.45) is 5.92 Å². The molecule has 3 N–H and O–H groups in total. The van der Waals surface area contributed by atoms with Crippen LogP contribution in [0.5, 0.6) is 11.9 Å². The number of carbonyl (C=O) groups excluding carboxylic acids is 1. The van der Waals surface area contributed by atoms with Crippen LogP contribution < -0.4 is 20.5 Å². The van der Waals surface area contributed by atoms with Gasteiger partial charge in [0.05, 0.1) is 34.3 Å². The Bertz CT molecular complexity index is 1800. The highest BCUT2D eigenvalue weighted by atomic mass is 32.1. The molecule has 2 fully saturated rings. The van der Waals surface area contributed by atoms with Crippen LogP contribution in [0.4, 0.5) is 27.1 Å². The molecule has 4 heterocycles. The summed E-state index contributed by atoms with van der Waals surface area (Å²) >= 11 is 0.740. The average molecular weight is 665 g/mol. The van der Waals surface area contributed by atoms with Crippen molar-refractivity contribution in [3.63, 3.8) is 0 Å². The number of nitrogens with two attached hydrogens (primary N) is 1. The third-order valence-electron chi connectivity index (χ3n) is 7.92. The second-order valence-corrected chi connectivity index (χ2v) is 12.1. The van der Waals surface area contributed by atoms with E-state index in [0.717, 1.165) is 36.0 Å². The number of anilines is 1. The van der Waals surface area contributed by atoms with E-state index in [1.165, 1.54) is 6.08 Å². The number of hydrogen-bond donors (Lipinski definition) is 2. The van der Waals surface area contributed by atoms with Gasteiger partial charge in [0, 0.05) is 50.0 Å². The van der Waals surface area contributed by atoms with Gasteiger partial charge in [-0.2, -0.15) is 23.1 Å². The molecule has 0 aliphatic carbocycles. The minimum atomic E-state index is -5.05. The molecule has 10 nitrogen and oxygen atoms in total. The monoisotopic (exact) mass is 664 g/mol. The lowest BCUT2D eigenvalue weighted by atomic mass is 9.95. The van der Waals surface area contributed by atoms with Gasteiger partial charge in [-0.1, -0.05) is 11.3 Å². The molecule has 2 saturated heterocycles. The number of carbonyl (C=O) groups is 1. The van der Waals surface area contributed by atoms with Crippen molar-refractivity contribution in [3.8, 4) is 23.0 Å². The molecule has 2 aromatic carbocycles. The quantitative estimate of drug-likeness (QED) is 0.137. The summed E-state index contributed by atoms with van der Waals surface area (Å²) in [5.41, 5.74) is 2.56. The Labute approximate surface area is 263 Å². The van der Waals surface area contributed by atoms with E-state index in [4.69, 9.17) is 19.9 Å². The summed E-state index contributed by atoms with van der Waals surface area (Å²) in [6.07, 6.45) is -0.865. The van der Waals surface area contributed by atoms with Crippen LogP contribution in [-0.4, -0.2) is 78.2 Å². The minimum absolute atomic E-state index is 0.0903. The van der Waals surface area contributed by atoms with E-state index in [1.807, 2.05) is 0 Å². The Morgan fingerprint density at radius 1 is 1.17 bits per heavy atom. The Kier molecular flexibility index (Phi) is 8.94. The lowest BCUT2D eigenvalue weighted by Crippen LogP contribution is -2.28. The van der Waals surface area contributed by atoms with Crippen LogP contribution in [0.3, 0.4) is 0 Å². The molecule has 0 saturated carbocycles. The van der Waals surface area contributed by atoms with E-state index < -0.39 is 40.6 Å². The Morgan fingerprint density at radius 3 is 2.76 bits per heavy atom. The summed E-state index contributed by atoms with van der Waals surface area (Å²) in [7, 11) is 1.61. The highest BCUT2D eigenvalue weighted by Crippen LogP contribution is 2.46. The maximum absolute atomic E-state index is 16.6. The normalized spacial score (nSPS) is 20.4. The topological polar surface area (TPSA) is 125 Å². The van der Waals surface area contributed by atoms with Gasteiger partial charge >= 0.3 is 12.2 Å². The lowest BCUT2D eigenvalue weighted by molar-refractivity contribution is -0.137. The number of fused-ring (bicyclic) bond motifs is 2. The maximum Gasteiger partial charge on any atom is 0.417 e. The molecule has 3 atom stereocenters. The summed E-state index contributed by atoms with van der Waals surface area (Å²) in [5.74, 6) is -2.11. The number of thiazole rings is 1. The van der Waals surface area contributed by atoms with Gasteiger partial charge in [-0.25, -0.2) is 13.8 Å². The van der Waals surface area contributed by atoms with Gasteiger partial charge in [-0.15, -0.1) is 0 Å². The predicted octanol–water partition coefficient (Wildman–Crippen LogP) is 4.95.